The van der Waals surface area contributed by atoms with Gasteiger partial charge in [-0.05, 0) is 36.6 Å². The van der Waals surface area contributed by atoms with Gasteiger partial charge in [-0.1, -0.05) is 41.9 Å². The number of amides is 1. The van der Waals surface area contributed by atoms with Crippen molar-refractivity contribution in [1.82, 2.24) is 9.47 Å². The molecule has 0 aliphatic carbocycles. The maximum Gasteiger partial charge on any atom is 0.308 e. The van der Waals surface area contributed by atoms with E-state index in [0.717, 1.165) is 0 Å². The SMILES string of the molecule is COC(=O)C1CCN(C(=O)Cn2cc(S(=O)(=O)Cc3ccc(Cl)cc3)c3ccccc32)CC1. The highest BCUT2D eigenvalue weighted by molar-refractivity contribution is 7.90. The first-order valence-electron chi connectivity index (χ1n) is 10.7. The first-order valence-corrected chi connectivity index (χ1v) is 12.7. The van der Waals surface area contributed by atoms with Crippen LogP contribution in [0.25, 0.3) is 10.9 Å². The summed E-state index contributed by atoms with van der Waals surface area (Å²) in [4.78, 5) is 26.6. The molecule has 7 nitrogen and oxygen atoms in total. The molecule has 0 N–H and O–H groups in total. The number of carbonyl (C=O) groups excluding carboxylic acids is 2. The van der Waals surface area contributed by atoms with Crippen molar-refractivity contribution in [2.45, 2.75) is 30.0 Å². The molecule has 1 aromatic heterocycles. The average molecular weight is 489 g/mol. The standard InChI is InChI=1S/C24H25ClN2O5S/c1-32-24(29)18-10-12-26(13-11-18)23(28)15-27-14-22(20-4-2-3-5-21(20)27)33(30,31)16-17-6-8-19(25)9-7-17/h2-9,14,18H,10-13,15-16H2,1H3. The number of aromatic nitrogens is 1. The number of para-hydroxylation sites is 1. The van der Waals surface area contributed by atoms with E-state index in [2.05, 4.69) is 0 Å². The average Bonchev–Trinajstić information content (AvgIpc) is 3.19. The number of halogens is 1. The maximum atomic E-state index is 13.2. The lowest BCUT2D eigenvalue weighted by Crippen LogP contribution is -2.41. The molecule has 0 radical (unpaired) electrons. The molecule has 2 heterocycles. The number of likely N-dealkylation sites (tertiary alicyclic amines) is 1. The summed E-state index contributed by atoms with van der Waals surface area (Å²) in [6, 6.07) is 13.9. The van der Waals surface area contributed by atoms with Crippen LogP contribution in [0.3, 0.4) is 0 Å². The zero-order valence-electron chi connectivity index (χ0n) is 18.2. The number of methoxy groups -OCH3 is 1. The van der Waals surface area contributed by atoms with Crippen molar-refractivity contribution in [3.63, 3.8) is 0 Å². The molecule has 4 rings (SSSR count). The Morgan fingerprint density at radius 2 is 1.73 bits per heavy atom. The summed E-state index contributed by atoms with van der Waals surface area (Å²) in [6.45, 7) is 0.971. The van der Waals surface area contributed by atoms with Crippen molar-refractivity contribution in [2.24, 2.45) is 5.92 Å². The van der Waals surface area contributed by atoms with Crippen LogP contribution in [0.1, 0.15) is 18.4 Å². The van der Waals surface area contributed by atoms with Gasteiger partial charge in [0.05, 0.1) is 23.7 Å². The third-order valence-corrected chi connectivity index (χ3v) is 8.01. The Bertz CT molecular complexity index is 1280. The van der Waals surface area contributed by atoms with Gasteiger partial charge in [-0.2, -0.15) is 0 Å². The van der Waals surface area contributed by atoms with E-state index >= 15 is 0 Å². The second-order valence-electron chi connectivity index (χ2n) is 8.20. The molecule has 1 aliphatic heterocycles. The van der Waals surface area contributed by atoms with Crippen LogP contribution in [-0.4, -0.2) is 50.0 Å². The van der Waals surface area contributed by atoms with Crippen LogP contribution in [0.2, 0.25) is 5.02 Å². The number of piperidine rings is 1. The largest absolute Gasteiger partial charge is 0.469 e. The van der Waals surface area contributed by atoms with Crippen molar-refractivity contribution in [3.8, 4) is 0 Å². The molecule has 0 bridgehead atoms. The van der Waals surface area contributed by atoms with E-state index in [-0.39, 0.29) is 35.0 Å². The molecular weight excluding hydrogens is 464 g/mol. The molecule has 1 amide bonds. The van der Waals surface area contributed by atoms with Crippen molar-refractivity contribution < 1.29 is 22.7 Å². The highest BCUT2D eigenvalue weighted by Crippen LogP contribution is 2.29. The predicted octanol–water partition coefficient (Wildman–Crippen LogP) is 3.68. The summed E-state index contributed by atoms with van der Waals surface area (Å²) in [6.07, 6.45) is 2.67. The molecule has 174 valence electrons. The number of nitrogens with zero attached hydrogens (tertiary/aromatic N) is 2. The third kappa shape index (κ3) is 5.07. The van der Waals surface area contributed by atoms with Gasteiger partial charge in [0, 0.05) is 35.2 Å². The number of sulfone groups is 1. The molecule has 3 aromatic rings. The van der Waals surface area contributed by atoms with Gasteiger partial charge in [0.1, 0.15) is 6.54 Å². The van der Waals surface area contributed by atoms with Gasteiger partial charge >= 0.3 is 5.97 Å². The fourth-order valence-corrected chi connectivity index (χ4v) is 5.95. The van der Waals surface area contributed by atoms with Crippen molar-refractivity contribution in [2.75, 3.05) is 20.2 Å². The lowest BCUT2D eigenvalue weighted by Gasteiger charge is -2.30. The number of hydrogen-bond donors (Lipinski definition) is 0. The fourth-order valence-electron chi connectivity index (χ4n) is 4.25. The van der Waals surface area contributed by atoms with Gasteiger partial charge in [-0.25, -0.2) is 8.42 Å². The maximum absolute atomic E-state index is 13.2. The van der Waals surface area contributed by atoms with E-state index in [1.54, 1.807) is 52.1 Å². The second kappa shape index (κ2) is 9.57. The smallest absolute Gasteiger partial charge is 0.308 e. The fraction of sp³-hybridized carbons (Fsp3) is 0.333. The van der Waals surface area contributed by atoms with E-state index in [9.17, 15) is 18.0 Å². The van der Waals surface area contributed by atoms with E-state index in [0.29, 0.717) is 47.4 Å². The zero-order chi connectivity index (χ0) is 23.6. The lowest BCUT2D eigenvalue weighted by molar-refractivity contribution is -0.149. The number of hydrogen-bond acceptors (Lipinski definition) is 5. The molecule has 1 fully saturated rings. The number of rotatable bonds is 6. The van der Waals surface area contributed by atoms with Crippen molar-refractivity contribution in [1.29, 1.82) is 0 Å². The van der Waals surface area contributed by atoms with Crippen LogP contribution >= 0.6 is 11.6 Å². The minimum Gasteiger partial charge on any atom is -0.469 e. The van der Waals surface area contributed by atoms with Crippen LogP contribution < -0.4 is 0 Å². The van der Waals surface area contributed by atoms with Gasteiger partial charge in [-0.15, -0.1) is 0 Å². The molecule has 0 spiro atoms. The molecule has 0 saturated carbocycles. The highest BCUT2D eigenvalue weighted by Gasteiger charge is 2.29. The van der Waals surface area contributed by atoms with Gasteiger partial charge in [0.25, 0.3) is 0 Å². The first kappa shape index (κ1) is 23.3. The molecule has 1 aliphatic rings. The molecule has 0 unspecified atom stereocenters. The zero-order valence-corrected chi connectivity index (χ0v) is 19.8. The van der Waals surface area contributed by atoms with E-state index in [4.69, 9.17) is 16.3 Å². The quantitative estimate of drug-likeness (QED) is 0.494. The van der Waals surface area contributed by atoms with Gasteiger partial charge in [-0.3, -0.25) is 9.59 Å². The molecule has 9 heteroatoms. The summed E-state index contributed by atoms with van der Waals surface area (Å²) in [7, 11) is -2.28. The van der Waals surface area contributed by atoms with Crippen LogP contribution in [0.15, 0.2) is 59.6 Å². The third-order valence-electron chi connectivity index (χ3n) is 6.04. The Morgan fingerprint density at radius 3 is 2.39 bits per heavy atom. The number of ether oxygens (including phenoxy) is 1. The summed E-state index contributed by atoms with van der Waals surface area (Å²) in [5, 5.41) is 1.13. The van der Waals surface area contributed by atoms with E-state index < -0.39 is 9.84 Å². The Balaban J connectivity index is 1.55. The molecular formula is C24H25ClN2O5S. The Hall–Kier alpha value is -2.84. The summed E-state index contributed by atoms with van der Waals surface area (Å²) in [5.41, 5.74) is 1.32. The van der Waals surface area contributed by atoms with Gasteiger partial charge in [0.15, 0.2) is 9.84 Å². The van der Waals surface area contributed by atoms with Crippen LogP contribution in [0.4, 0.5) is 0 Å². The molecule has 1 saturated heterocycles. The number of carbonyl (C=O) groups is 2. The van der Waals surface area contributed by atoms with Crippen LogP contribution in [-0.2, 0) is 36.5 Å². The second-order valence-corrected chi connectivity index (χ2v) is 10.6. The molecule has 0 atom stereocenters. The first-order chi connectivity index (χ1) is 15.8. The van der Waals surface area contributed by atoms with Crippen LogP contribution in [0, 0.1) is 5.92 Å². The van der Waals surface area contributed by atoms with Crippen molar-refractivity contribution in [3.05, 3.63) is 65.3 Å². The van der Waals surface area contributed by atoms with E-state index in [1.165, 1.54) is 7.11 Å². The predicted molar refractivity (Wildman–Crippen MR) is 126 cm³/mol. The lowest BCUT2D eigenvalue weighted by atomic mass is 9.97. The monoisotopic (exact) mass is 488 g/mol. The summed E-state index contributed by atoms with van der Waals surface area (Å²) < 4.78 is 33.0. The number of fused-ring (bicyclic) bond motifs is 1. The topological polar surface area (TPSA) is 85.7 Å². The molecule has 2 aromatic carbocycles. The van der Waals surface area contributed by atoms with Gasteiger partial charge in [0.2, 0.25) is 5.91 Å². The summed E-state index contributed by atoms with van der Waals surface area (Å²) >= 11 is 5.91. The number of esters is 1. The summed E-state index contributed by atoms with van der Waals surface area (Å²) in [5.74, 6) is -0.696. The minimum atomic E-state index is -3.65. The van der Waals surface area contributed by atoms with Gasteiger partial charge < -0.3 is 14.2 Å². The Kier molecular flexibility index (Phi) is 6.76. The normalized spacial score (nSPS) is 15.0. The molecule has 33 heavy (non-hydrogen) atoms. The van der Waals surface area contributed by atoms with Crippen LogP contribution in [0.5, 0.6) is 0 Å². The Morgan fingerprint density at radius 1 is 1.06 bits per heavy atom. The highest BCUT2D eigenvalue weighted by atomic mass is 35.5. The van der Waals surface area contributed by atoms with E-state index in [1.807, 2.05) is 12.1 Å². The minimum absolute atomic E-state index is 0.0276. The number of benzene rings is 2. The Labute approximate surface area is 197 Å². The van der Waals surface area contributed by atoms with Crippen molar-refractivity contribution >= 4 is 44.2 Å².